The van der Waals surface area contributed by atoms with Gasteiger partial charge in [-0.05, 0) is 49.3 Å². The molecule has 0 aliphatic heterocycles. The van der Waals surface area contributed by atoms with E-state index >= 15 is 0 Å². The Bertz CT molecular complexity index is 723. The van der Waals surface area contributed by atoms with Crippen LogP contribution in [-0.2, 0) is 15.1 Å². The van der Waals surface area contributed by atoms with E-state index in [1.54, 1.807) is 26.6 Å². The van der Waals surface area contributed by atoms with E-state index in [4.69, 9.17) is 14.2 Å². The zero-order valence-electron chi connectivity index (χ0n) is 14.7. The standard InChI is InChI=1S/C20H24N2O3/c1-23-17-8-10-20(24-2,11-9-17)16-5-3-6-18(15-16)25-14-4-7-19-21-12-13-22-19/h3,5-6,12-13,15,17H,8-11,14H2,1-2H3,(H,21,22). The summed E-state index contributed by atoms with van der Waals surface area (Å²) in [5.41, 5.74) is 0.898. The summed E-state index contributed by atoms with van der Waals surface area (Å²) in [5.74, 6) is 7.33. The number of imidazole rings is 1. The highest BCUT2D eigenvalue weighted by Gasteiger charge is 2.37. The monoisotopic (exact) mass is 340 g/mol. The molecule has 1 aromatic heterocycles. The Morgan fingerprint density at radius 3 is 2.80 bits per heavy atom. The molecule has 3 rings (SSSR count). The molecule has 0 bridgehead atoms. The minimum atomic E-state index is -0.256. The molecule has 0 radical (unpaired) electrons. The molecule has 132 valence electrons. The molecule has 1 aliphatic carbocycles. The Hall–Kier alpha value is -2.29. The molecule has 5 nitrogen and oxygen atoms in total. The van der Waals surface area contributed by atoms with E-state index < -0.39 is 0 Å². The van der Waals surface area contributed by atoms with Crippen LogP contribution in [0.15, 0.2) is 36.7 Å². The highest BCUT2D eigenvalue weighted by Crippen LogP contribution is 2.41. The molecular formula is C20H24N2O3. The van der Waals surface area contributed by atoms with E-state index in [0.29, 0.717) is 18.5 Å². The highest BCUT2D eigenvalue weighted by molar-refractivity contribution is 5.33. The molecule has 0 saturated heterocycles. The van der Waals surface area contributed by atoms with E-state index in [9.17, 15) is 0 Å². The van der Waals surface area contributed by atoms with E-state index in [1.807, 2.05) is 12.1 Å². The van der Waals surface area contributed by atoms with Gasteiger partial charge >= 0.3 is 0 Å². The van der Waals surface area contributed by atoms with Gasteiger partial charge in [0, 0.05) is 26.6 Å². The van der Waals surface area contributed by atoms with Crippen molar-refractivity contribution in [2.45, 2.75) is 37.4 Å². The normalized spacial score (nSPS) is 22.9. The molecule has 25 heavy (non-hydrogen) atoms. The van der Waals surface area contributed by atoms with Crippen molar-refractivity contribution in [3.63, 3.8) is 0 Å². The first-order valence-electron chi connectivity index (χ1n) is 8.55. The summed E-state index contributed by atoms with van der Waals surface area (Å²) in [5, 5.41) is 0. The Balaban J connectivity index is 1.66. The van der Waals surface area contributed by atoms with Gasteiger partial charge in [0.25, 0.3) is 0 Å². The van der Waals surface area contributed by atoms with Crippen molar-refractivity contribution in [2.24, 2.45) is 0 Å². The predicted molar refractivity (Wildman–Crippen MR) is 95.4 cm³/mol. The molecule has 1 N–H and O–H groups in total. The van der Waals surface area contributed by atoms with Crippen LogP contribution < -0.4 is 4.74 Å². The summed E-state index contributed by atoms with van der Waals surface area (Å²) in [4.78, 5) is 7.00. The van der Waals surface area contributed by atoms with Gasteiger partial charge in [-0.3, -0.25) is 0 Å². The van der Waals surface area contributed by atoms with Gasteiger partial charge in [-0.25, -0.2) is 4.98 Å². The number of hydrogen-bond acceptors (Lipinski definition) is 4. The Morgan fingerprint density at radius 1 is 1.28 bits per heavy atom. The lowest BCUT2D eigenvalue weighted by Crippen LogP contribution is -2.35. The van der Waals surface area contributed by atoms with E-state index in [-0.39, 0.29) is 5.60 Å². The number of ether oxygens (including phenoxy) is 3. The SMILES string of the molecule is COC1CCC(OC)(c2cccc(OCC#Cc3ncc[nH]3)c2)CC1. The van der Waals surface area contributed by atoms with Gasteiger partial charge < -0.3 is 19.2 Å². The van der Waals surface area contributed by atoms with Gasteiger partial charge in [-0.2, -0.15) is 0 Å². The summed E-state index contributed by atoms with van der Waals surface area (Å²) in [6.45, 7) is 0.315. The lowest BCUT2D eigenvalue weighted by Gasteiger charge is -2.39. The average molecular weight is 340 g/mol. The maximum atomic E-state index is 5.94. The zero-order valence-corrected chi connectivity index (χ0v) is 14.7. The number of benzene rings is 1. The van der Waals surface area contributed by atoms with E-state index in [1.165, 1.54) is 0 Å². The van der Waals surface area contributed by atoms with Crippen molar-refractivity contribution in [1.82, 2.24) is 9.97 Å². The van der Waals surface area contributed by atoms with Crippen LogP contribution in [0.3, 0.4) is 0 Å². The fourth-order valence-corrected chi connectivity index (χ4v) is 3.35. The van der Waals surface area contributed by atoms with Crippen LogP contribution in [0.4, 0.5) is 0 Å². The number of nitrogens with zero attached hydrogens (tertiary/aromatic N) is 1. The van der Waals surface area contributed by atoms with E-state index in [0.717, 1.165) is 37.0 Å². The summed E-state index contributed by atoms with van der Waals surface area (Å²) in [7, 11) is 3.57. The minimum Gasteiger partial charge on any atom is -0.481 e. The second-order valence-electron chi connectivity index (χ2n) is 6.19. The van der Waals surface area contributed by atoms with Crippen molar-refractivity contribution in [3.05, 3.63) is 48.0 Å². The third kappa shape index (κ3) is 4.22. The fraction of sp³-hybridized carbons (Fsp3) is 0.450. The lowest BCUT2D eigenvalue weighted by atomic mass is 9.78. The summed E-state index contributed by atoms with van der Waals surface area (Å²) in [6.07, 6.45) is 7.66. The highest BCUT2D eigenvalue weighted by atomic mass is 16.5. The Kier molecular flexibility index (Phi) is 5.75. The quantitative estimate of drug-likeness (QED) is 0.849. The van der Waals surface area contributed by atoms with Crippen molar-refractivity contribution < 1.29 is 14.2 Å². The van der Waals surface area contributed by atoms with Gasteiger partial charge in [-0.1, -0.05) is 18.1 Å². The molecule has 0 spiro atoms. The van der Waals surface area contributed by atoms with Crippen LogP contribution >= 0.6 is 0 Å². The van der Waals surface area contributed by atoms with Gasteiger partial charge in [0.2, 0.25) is 0 Å². The third-order valence-electron chi connectivity index (χ3n) is 4.84. The molecular weight excluding hydrogens is 316 g/mol. The first-order chi connectivity index (χ1) is 12.3. The maximum Gasteiger partial charge on any atom is 0.182 e. The molecule has 1 saturated carbocycles. The van der Waals surface area contributed by atoms with E-state index in [2.05, 4.69) is 33.9 Å². The number of H-pyrrole nitrogens is 1. The Morgan fingerprint density at radius 2 is 2.12 bits per heavy atom. The molecule has 0 amide bonds. The summed E-state index contributed by atoms with van der Waals surface area (Å²) in [6, 6.07) is 8.12. The molecule has 0 unspecified atom stereocenters. The second kappa shape index (κ2) is 8.19. The van der Waals surface area contributed by atoms with Gasteiger partial charge in [-0.15, -0.1) is 0 Å². The van der Waals surface area contributed by atoms with Crippen LogP contribution in [0.25, 0.3) is 0 Å². The fourth-order valence-electron chi connectivity index (χ4n) is 3.35. The van der Waals surface area contributed by atoms with Crippen molar-refractivity contribution in [1.29, 1.82) is 0 Å². The van der Waals surface area contributed by atoms with Crippen LogP contribution in [0, 0.1) is 11.8 Å². The third-order valence-corrected chi connectivity index (χ3v) is 4.84. The molecule has 1 aliphatic rings. The number of methoxy groups -OCH3 is 2. The van der Waals surface area contributed by atoms with Crippen LogP contribution in [-0.4, -0.2) is 36.9 Å². The number of hydrogen-bond donors (Lipinski definition) is 1. The van der Waals surface area contributed by atoms with Crippen LogP contribution in [0.5, 0.6) is 5.75 Å². The molecule has 5 heteroatoms. The zero-order chi connectivity index (χ0) is 17.5. The maximum absolute atomic E-state index is 5.94. The first kappa shape index (κ1) is 17.5. The van der Waals surface area contributed by atoms with Gasteiger partial charge in [0.05, 0.1) is 11.7 Å². The summed E-state index contributed by atoms with van der Waals surface area (Å²) >= 11 is 0. The molecule has 1 heterocycles. The average Bonchev–Trinajstić information content (AvgIpc) is 3.19. The number of nitrogens with one attached hydrogen (secondary N) is 1. The second-order valence-corrected chi connectivity index (χ2v) is 6.19. The minimum absolute atomic E-state index is 0.256. The molecule has 2 aromatic rings. The Labute approximate surface area is 148 Å². The molecule has 0 atom stereocenters. The van der Waals surface area contributed by atoms with Gasteiger partial charge in [0.1, 0.15) is 12.4 Å². The van der Waals surface area contributed by atoms with Crippen molar-refractivity contribution in [3.8, 4) is 17.6 Å². The van der Waals surface area contributed by atoms with Crippen molar-refractivity contribution in [2.75, 3.05) is 20.8 Å². The van der Waals surface area contributed by atoms with Gasteiger partial charge in [0.15, 0.2) is 5.82 Å². The predicted octanol–water partition coefficient (Wildman–Crippen LogP) is 3.27. The first-order valence-corrected chi connectivity index (χ1v) is 8.55. The van der Waals surface area contributed by atoms with Crippen molar-refractivity contribution >= 4 is 0 Å². The largest absolute Gasteiger partial charge is 0.481 e. The number of aromatic amines is 1. The summed E-state index contributed by atoms with van der Waals surface area (Å²) < 4.78 is 17.2. The molecule has 1 aromatic carbocycles. The number of rotatable bonds is 5. The lowest BCUT2D eigenvalue weighted by molar-refractivity contribution is -0.0762. The van der Waals surface area contributed by atoms with Crippen LogP contribution in [0.1, 0.15) is 37.1 Å². The topological polar surface area (TPSA) is 56.4 Å². The molecule has 1 fully saturated rings. The smallest absolute Gasteiger partial charge is 0.182 e. The van der Waals surface area contributed by atoms with Crippen LogP contribution in [0.2, 0.25) is 0 Å². The number of aromatic nitrogens is 2.